The molecule has 1 saturated heterocycles. The lowest BCUT2D eigenvalue weighted by atomic mass is 9.92. The molecule has 16 heavy (non-hydrogen) atoms. The number of nitrogens with zero attached hydrogens (tertiary/aromatic N) is 1. The molecule has 1 N–H and O–H groups in total. The second-order valence-corrected chi connectivity index (χ2v) is 4.36. The third-order valence-corrected chi connectivity index (χ3v) is 3.07. The lowest BCUT2D eigenvalue weighted by molar-refractivity contribution is -0.130. The second-order valence-electron chi connectivity index (χ2n) is 3.93. The van der Waals surface area contributed by atoms with Crippen molar-refractivity contribution in [1.82, 2.24) is 10.2 Å². The largest absolute Gasteiger partial charge is 0.325 e. The van der Waals surface area contributed by atoms with E-state index in [1.54, 1.807) is 31.2 Å². The van der Waals surface area contributed by atoms with Crippen molar-refractivity contribution in [2.24, 2.45) is 0 Å². The number of imide groups is 1. The molecule has 0 unspecified atom stereocenters. The second kappa shape index (κ2) is 3.49. The van der Waals surface area contributed by atoms with Gasteiger partial charge in [0.05, 0.1) is 0 Å². The Morgan fingerprint density at radius 1 is 1.25 bits per heavy atom. The van der Waals surface area contributed by atoms with Gasteiger partial charge in [-0.25, -0.2) is 4.79 Å². The molecule has 1 aromatic carbocycles. The van der Waals surface area contributed by atoms with Gasteiger partial charge in [0, 0.05) is 12.1 Å². The number of carbonyl (C=O) groups excluding carboxylic acids is 2. The fraction of sp³-hybridized carbons (Fsp3) is 0.273. The number of hydrogen-bond donors (Lipinski definition) is 1. The van der Waals surface area contributed by atoms with E-state index in [0.717, 1.165) is 10.5 Å². The molecule has 0 bridgehead atoms. The predicted octanol–water partition coefficient (Wildman–Crippen LogP) is 1.74. The molecule has 1 heterocycles. The van der Waals surface area contributed by atoms with Crippen molar-refractivity contribution in [3.8, 4) is 0 Å². The molecule has 1 atom stereocenters. The summed E-state index contributed by atoms with van der Waals surface area (Å²) in [7, 11) is 1.46. The van der Waals surface area contributed by atoms with Crippen LogP contribution in [0.25, 0.3) is 0 Å². The van der Waals surface area contributed by atoms with E-state index >= 15 is 0 Å². The minimum Gasteiger partial charge on any atom is -0.319 e. The molecule has 0 radical (unpaired) electrons. The van der Waals surface area contributed by atoms with Gasteiger partial charge in [0.25, 0.3) is 5.91 Å². The summed E-state index contributed by atoms with van der Waals surface area (Å²) >= 11 is 5.77. The van der Waals surface area contributed by atoms with Crippen molar-refractivity contribution in [3.05, 3.63) is 34.9 Å². The molecule has 5 heteroatoms. The summed E-state index contributed by atoms with van der Waals surface area (Å²) < 4.78 is 0. The van der Waals surface area contributed by atoms with Crippen molar-refractivity contribution < 1.29 is 9.59 Å². The van der Waals surface area contributed by atoms with Crippen LogP contribution in [0.2, 0.25) is 5.02 Å². The summed E-state index contributed by atoms with van der Waals surface area (Å²) in [5.41, 5.74) is -0.268. The molecule has 84 valence electrons. The van der Waals surface area contributed by atoms with E-state index in [9.17, 15) is 9.59 Å². The standard InChI is InChI=1S/C11H11ClN2O2/c1-11(7-3-5-8(12)6-4-7)9(15)14(2)10(16)13-11/h3-6H,1-2H3,(H,13,16)/t11-/m1/s1. The van der Waals surface area contributed by atoms with Gasteiger partial charge < -0.3 is 5.32 Å². The summed E-state index contributed by atoms with van der Waals surface area (Å²) in [6.45, 7) is 1.68. The number of halogens is 1. The molecule has 2 rings (SSSR count). The number of nitrogens with one attached hydrogen (secondary N) is 1. The van der Waals surface area contributed by atoms with Crippen LogP contribution >= 0.6 is 11.6 Å². The van der Waals surface area contributed by atoms with Gasteiger partial charge in [0.1, 0.15) is 5.54 Å². The normalized spacial score (nSPS) is 24.8. The van der Waals surface area contributed by atoms with Gasteiger partial charge in [-0.05, 0) is 24.6 Å². The molecular weight excluding hydrogens is 228 g/mol. The molecule has 0 spiro atoms. The van der Waals surface area contributed by atoms with Crippen molar-refractivity contribution in [1.29, 1.82) is 0 Å². The quantitative estimate of drug-likeness (QED) is 0.758. The van der Waals surface area contributed by atoms with Gasteiger partial charge in [-0.3, -0.25) is 9.69 Å². The fourth-order valence-corrected chi connectivity index (χ4v) is 1.88. The molecule has 0 aromatic heterocycles. The number of carbonyl (C=O) groups is 2. The van der Waals surface area contributed by atoms with E-state index in [4.69, 9.17) is 11.6 Å². The highest BCUT2D eigenvalue weighted by molar-refractivity contribution is 6.30. The topological polar surface area (TPSA) is 49.4 Å². The van der Waals surface area contributed by atoms with Crippen LogP contribution in [0.5, 0.6) is 0 Å². The average Bonchev–Trinajstić information content (AvgIpc) is 2.45. The first-order chi connectivity index (χ1) is 7.45. The number of urea groups is 1. The highest BCUT2D eigenvalue weighted by Gasteiger charge is 2.47. The van der Waals surface area contributed by atoms with Crippen LogP contribution in [0.15, 0.2) is 24.3 Å². The monoisotopic (exact) mass is 238 g/mol. The molecule has 4 nitrogen and oxygen atoms in total. The Kier molecular flexibility index (Phi) is 2.39. The fourth-order valence-electron chi connectivity index (χ4n) is 1.76. The Morgan fingerprint density at radius 2 is 1.81 bits per heavy atom. The van der Waals surface area contributed by atoms with Gasteiger partial charge in [0.2, 0.25) is 0 Å². The third kappa shape index (κ3) is 1.46. The maximum atomic E-state index is 11.9. The Hall–Kier alpha value is -1.55. The predicted molar refractivity (Wildman–Crippen MR) is 60.1 cm³/mol. The smallest absolute Gasteiger partial charge is 0.319 e. The number of hydrogen-bond acceptors (Lipinski definition) is 2. The maximum absolute atomic E-state index is 11.9. The first kappa shape index (κ1) is 11.0. The molecule has 1 aliphatic heterocycles. The summed E-state index contributed by atoms with van der Waals surface area (Å²) in [5.74, 6) is -0.264. The van der Waals surface area contributed by atoms with Crippen LogP contribution in [-0.2, 0) is 10.3 Å². The lowest BCUT2D eigenvalue weighted by Crippen LogP contribution is -2.40. The molecule has 1 aliphatic rings. The van der Waals surface area contributed by atoms with Crippen LogP contribution in [0.1, 0.15) is 12.5 Å². The molecule has 1 fully saturated rings. The average molecular weight is 239 g/mol. The maximum Gasteiger partial charge on any atom is 0.325 e. The molecule has 3 amide bonds. The van der Waals surface area contributed by atoms with Crippen LogP contribution in [0.3, 0.4) is 0 Å². The Labute approximate surface area is 98.2 Å². The van der Waals surface area contributed by atoms with E-state index in [2.05, 4.69) is 5.32 Å². The molecular formula is C11H11ClN2O2. The molecule has 1 aromatic rings. The van der Waals surface area contributed by atoms with E-state index in [1.165, 1.54) is 7.05 Å². The van der Waals surface area contributed by atoms with E-state index in [-0.39, 0.29) is 11.9 Å². The van der Waals surface area contributed by atoms with Gasteiger partial charge in [0.15, 0.2) is 0 Å². The zero-order valence-electron chi connectivity index (χ0n) is 8.95. The van der Waals surface area contributed by atoms with Crippen molar-refractivity contribution in [2.45, 2.75) is 12.5 Å². The van der Waals surface area contributed by atoms with Crippen molar-refractivity contribution in [2.75, 3.05) is 7.05 Å². The highest BCUT2D eigenvalue weighted by atomic mass is 35.5. The number of benzene rings is 1. The number of amides is 3. The summed E-state index contributed by atoms with van der Waals surface area (Å²) in [6, 6.07) is 6.47. The molecule has 0 saturated carbocycles. The molecule has 0 aliphatic carbocycles. The van der Waals surface area contributed by atoms with Gasteiger partial charge in [-0.2, -0.15) is 0 Å². The Bertz CT molecular complexity index is 458. The van der Waals surface area contributed by atoms with Crippen molar-refractivity contribution >= 4 is 23.5 Å². The van der Waals surface area contributed by atoms with Crippen LogP contribution < -0.4 is 5.32 Å². The Morgan fingerprint density at radius 3 is 2.25 bits per heavy atom. The minimum atomic E-state index is -0.990. The van der Waals surface area contributed by atoms with E-state index in [1.807, 2.05) is 0 Å². The minimum absolute atomic E-state index is 0.264. The zero-order chi connectivity index (χ0) is 11.9. The number of rotatable bonds is 1. The van der Waals surface area contributed by atoms with Gasteiger partial charge in [-0.15, -0.1) is 0 Å². The SMILES string of the molecule is CN1C(=O)N[C@](C)(c2ccc(Cl)cc2)C1=O. The number of likely N-dealkylation sites (N-methyl/N-ethyl adjacent to an activating group) is 1. The van der Waals surface area contributed by atoms with Gasteiger partial charge >= 0.3 is 6.03 Å². The van der Waals surface area contributed by atoms with Crippen molar-refractivity contribution in [3.63, 3.8) is 0 Å². The summed E-state index contributed by atoms with van der Waals surface area (Å²) in [6.07, 6.45) is 0. The lowest BCUT2D eigenvalue weighted by Gasteiger charge is -2.21. The first-order valence-corrected chi connectivity index (χ1v) is 5.19. The summed E-state index contributed by atoms with van der Waals surface area (Å²) in [4.78, 5) is 24.4. The Balaban J connectivity index is 2.44. The van der Waals surface area contributed by atoms with Crippen LogP contribution in [0, 0.1) is 0 Å². The van der Waals surface area contributed by atoms with Crippen LogP contribution in [-0.4, -0.2) is 23.9 Å². The van der Waals surface area contributed by atoms with Gasteiger partial charge in [-0.1, -0.05) is 23.7 Å². The summed E-state index contributed by atoms with van der Waals surface area (Å²) in [5, 5.41) is 3.25. The van der Waals surface area contributed by atoms with E-state index in [0.29, 0.717) is 5.02 Å². The third-order valence-electron chi connectivity index (χ3n) is 2.82. The van der Waals surface area contributed by atoms with E-state index < -0.39 is 5.54 Å². The first-order valence-electron chi connectivity index (χ1n) is 4.81. The zero-order valence-corrected chi connectivity index (χ0v) is 9.71. The van der Waals surface area contributed by atoms with Crippen LogP contribution in [0.4, 0.5) is 4.79 Å². The highest BCUT2D eigenvalue weighted by Crippen LogP contribution is 2.28.